The predicted molar refractivity (Wildman–Crippen MR) is 133 cm³/mol. The number of nitrogens with zero attached hydrogens (tertiary/aromatic N) is 3. The summed E-state index contributed by atoms with van der Waals surface area (Å²) in [6.07, 6.45) is 1.39. The van der Waals surface area contributed by atoms with Crippen LogP contribution >= 0.6 is 11.6 Å². The Bertz CT molecular complexity index is 1160. The number of amides is 2. The Hall–Kier alpha value is -3.65. The van der Waals surface area contributed by atoms with E-state index in [2.05, 4.69) is 25.7 Å². The number of hydrogen-bond acceptors (Lipinski definition) is 6. The highest BCUT2D eigenvalue weighted by Gasteiger charge is 2.26. The van der Waals surface area contributed by atoms with Gasteiger partial charge in [-0.2, -0.15) is 0 Å². The number of methoxy groups -OCH3 is 1. The zero-order chi connectivity index (χ0) is 24.1. The molecule has 0 aliphatic carbocycles. The summed E-state index contributed by atoms with van der Waals surface area (Å²) < 4.78 is 5.36. The number of carbonyl (C=O) groups excluding carboxylic acids is 2. The average Bonchev–Trinajstić information content (AvgIpc) is 2.84. The van der Waals surface area contributed by atoms with Crippen molar-refractivity contribution < 1.29 is 14.3 Å². The molecule has 0 saturated carbocycles. The van der Waals surface area contributed by atoms with Crippen molar-refractivity contribution in [3.63, 3.8) is 0 Å². The van der Waals surface area contributed by atoms with Crippen molar-refractivity contribution in [2.45, 2.75) is 19.8 Å². The smallest absolute Gasteiger partial charge is 0.227 e. The molecule has 2 heterocycles. The number of anilines is 3. The minimum Gasteiger partial charge on any atom is -0.495 e. The number of ether oxygens (including phenoxy) is 1. The van der Waals surface area contributed by atoms with Gasteiger partial charge in [0.15, 0.2) is 5.82 Å². The van der Waals surface area contributed by atoms with Gasteiger partial charge in [-0.1, -0.05) is 23.7 Å². The predicted octanol–water partition coefficient (Wildman–Crippen LogP) is 4.62. The van der Waals surface area contributed by atoms with Crippen LogP contribution in [-0.2, 0) is 9.59 Å². The monoisotopic (exact) mass is 479 g/mol. The zero-order valence-corrected chi connectivity index (χ0v) is 19.8. The van der Waals surface area contributed by atoms with Gasteiger partial charge in [0, 0.05) is 42.2 Å². The maximum Gasteiger partial charge on any atom is 0.227 e. The van der Waals surface area contributed by atoms with Gasteiger partial charge in [0.1, 0.15) is 5.75 Å². The van der Waals surface area contributed by atoms with E-state index in [4.69, 9.17) is 16.3 Å². The van der Waals surface area contributed by atoms with Gasteiger partial charge in [0.25, 0.3) is 0 Å². The lowest BCUT2D eigenvalue weighted by Gasteiger charge is -2.32. The van der Waals surface area contributed by atoms with Crippen molar-refractivity contribution in [3.05, 3.63) is 59.6 Å². The lowest BCUT2D eigenvalue weighted by Crippen LogP contribution is -2.38. The molecule has 1 aliphatic rings. The highest BCUT2D eigenvalue weighted by atomic mass is 35.5. The first kappa shape index (κ1) is 23.5. The first-order valence-corrected chi connectivity index (χ1v) is 11.4. The zero-order valence-electron chi connectivity index (χ0n) is 19.0. The quantitative estimate of drug-likeness (QED) is 0.535. The van der Waals surface area contributed by atoms with Gasteiger partial charge in [0.05, 0.1) is 18.5 Å². The maximum absolute atomic E-state index is 12.9. The van der Waals surface area contributed by atoms with E-state index in [-0.39, 0.29) is 17.7 Å². The van der Waals surface area contributed by atoms with Crippen LogP contribution in [0.5, 0.6) is 5.75 Å². The molecule has 0 radical (unpaired) electrons. The molecule has 34 heavy (non-hydrogen) atoms. The summed E-state index contributed by atoms with van der Waals surface area (Å²) >= 11 is 5.95. The molecule has 4 rings (SSSR count). The Balaban J connectivity index is 1.36. The summed E-state index contributed by atoms with van der Waals surface area (Å²) in [5.74, 6) is 0.949. The molecule has 0 atom stereocenters. The number of piperidine rings is 1. The molecule has 0 spiro atoms. The fraction of sp³-hybridized carbons (Fsp3) is 0.280. The van der Waals surface area contributed by atoms with Crippen LogP contribution in [0.4, 0.5) is 17.2 Å². The third-order valence-electron chi connectivity index (χ3n) is 5.76. The van der Waals surface area contributed by atoms with E-state index in [1.807, 2.05) is 36.4 Å². The maximum atomic E-state index is 12.9. The van der Waals surface area contributed by atoms with Crippen LogP contribution in [-0.4, -0.2) is 42.2 Å². The van der Waals surface area contributed by atoms with Crippen LogP contribution in [0.3, 0.4) is 0 Å². The number of halogens is 1. The second-order valence-corrected chi connectivity index (χ2v) is 8.57. The highest BCUT2D eigenvalue weighted by Crippen LogP contribution is 2.30. The molecule has 3 aromatic rings. The van der Waals surface area contributed by atoms with Gasteiger partial charge in [-0.05, 0) is 55.3 Å². The molecular formula is C25H26ClN5O3. The molecule has 2 amide bonds. The molecule has 1 fully saturated rings. The standard InChI is InChI=1S/C25H26ClN5O3/c1-16(32)27-20-7-9-23(34-2)22(15-20)28-25(33)18-11-13-31(14-12-18)24-10-8-21(29-30-24)17-3-5-19(26)6-4-17/h3-10,15,18H,11-14H2,1-2H3,(H,27,32)(H,28,33). The van der Waals surface area contributed by atoms with E-state index in [1.165, 1.54) is 6.92 Å². The lowest BCUT2D eigenvalue weighted by atomic mass is 9.95. The Labute approximate surface area is 203 Å². The molecule has 176 valence electrons. The van der Waals surface area contributed by atoms with Crippen molar-refractivity contribution in [2.75, 3.05) is 35.7 Å². The summed E-state index contributed by atoms with van der Waals surface area (Å²) in [5.41, 5.74) is 2.87. The molecule has 1 aromatic heterocycles. The third kappa shape index (κ3) is 5.63. The number of hydrogen-bond donors (Lipinski definition) is 2. The van der Waals surface area contributed by atoms with E-state index in [0.29, 0.717) is 48.1 Å². The van der Waals surface area contributed by atoms with Gasteiger partial charge < -0.3 is 20.3 Å². The van der Waals surface area contributed by atoms with E-state index in [1.54, 1.807) is 25.3 Å². The second kappa shape index (κ2) is 10.5. The lowest BCUT2D eigenvalue weighted by molar-refractivity contribution is -0.120. The average molecular weight is 480 g/mol. The first-order valence-electron chi connectivity index (χ1n) is 11.0. The summed E-state index contributed by atoms with van der Waals surface area (Å²) in [6, 6.07) is 16.5. The molecule has 2 N–H and O–H groups in total. The Morgan fingerprint density at radius 2 is 1.74 bits per heavy atom. The summed E-state index contributed by atoms with van der Waals surface area (Å²) in [5, 5.41) is 15.1. The Morgan fingerprint density at radius 1 is 1.00 bits per heavy atom. The summed E-state index contributed by atoms with van der Waals surface area (Å²) in [7, 11) is 1.54. The molecular weight excluding hydrogens is 454 g/mol. The fourth-order valence-corrected chi connectivity index (χ4v) is 4.09. The van der Waals surface area contributed by atoms with Crippen molar-refractivity contribution in [3.8, 4) is 17.0 Å². The molecule has 0 bridgehead atoms. The van der Waals surface area contributed by atoms with Gasteiger partial charge >= 0.3 is 0 Å². The van der Waals surface area contributed by atoms with Crippen LogP contribution in [0, 0.1) is 5.92 Å². The molecule has 1 saturated heterocycles. The van der Waals surface area contributed by atoms with Gasteiger partial charge in [0.2, 0.25) is 11.8 Å². The van der Waals surface area contributed by atoms with Crippen LogP contribution < -0.4 is 20.3 Å². The van der Waals surface area contributed by atoms with E-state index in [9.17, 15) is 9.59 Å². The molecule has 0 unspecified atom stereocenters. The molecule has 2 aromatic carbocycles. The first-order chi connectivity index (χ1) is 16.4. The number of aromatic nitrogens is 2. The normalized spacial score (nSPS) is 13.9. The van der Waals surface area contributed by atoms with E-state index >= 15 is 0 Å². The summed E-state index contributed by atoms with van der Waals surface area (Å²) in [6.45, 7) is 2.85. The fourth-order valence-electron chi connectivity index (χ4n) is 3.96. The van der Waals surface area contributed by atoms with Crippen molar-refractivity contribution in [2.24, 2.45) is 5.92 Å². The van der Waals surface area contributed by atoms with Gasteiger partial charge in [-0.15, -0.1) is 10.2 Å². The topological polar surface area (TPSA) is 96.5 Å². The number of carbonyl (C=O) groups is 2. The minimum absolute atomic E-state index is 0.0675. The van der Waals surface area contributed by atoms with E-state index in [0.717, 1.165) is 17.1 Å². The van der Waals surface area contributed by atoms with Crippen molar-refractivity contribution >= 4 is 40.6 Å². The SMILES string of the molecule is COc1ccc(NC(C)=O)cc1NC(=O)C1CCN(c2ccc(-c3ccc(Cl)cc3)nn2)CC1. The largest absolute Gasteiger partial charge is 0.495 e. The third-order valence-corrected chi connectivity index (χ3v) is 6.01. The van der Waals surface area contributed by atoms with Crippen LogP contribution in [0.2, 0.25) is 5.02 Å². The molecule has 8 nitrogen and oxygen atoms in total. The Kier molecular flexibility index (Phi) is 7.27. The molecule has 1 aliphatic heterocycles. The van der Waals surface area contributed by atoms with Crippen molar-refractivity contribution in [1.82, 2.24) is 10.2 Å². The van der Waals surface area contributed by atoms with Crippen LogP contribution in [0.25, 0.3) is 11.3 Å². The highest BCUT2D eigenvalue weighted by molar-refractivity contribution is 6.30. The van der Waals surface area contributed by atoms with Crippen LogP contribution in [0.15, 0.2) is 54.6 Å². The Morgan fingerprint density at radius 3 is 2.35 bits per heavy atom. The van der Waals surface area contributed by atoms with Crippen LogP contribution in [0.1, 0.15) is 19.8 Å². The number of nitrogens with one attached hydrogen (secondary N) is 2. The number of benzene rings is 2. The van der Waals surface area contributed by atoms with E-state index < -0.39 is 0 Å². The van der Waals surface area contributed by atoms with Crippen molar-refractivity contribution in [1.29, 1.82) is 0 Å². The molecule has 9 heteroatoms. The number of rotatable bonds is 6. The second-order valence-electron chi connectivity index (χ2n) is 8.13. The van der Waals surface area contributed by atoms with Gasteiger partial charge in [-0.25, -0.2) is 0 Å². The summed E-state index contributed by atoms with van der Waals surface area (Å²) in [4.78, 5) is 26.4. The minimum atomic E-state index is -0.181. The van der Waals surface area contributed by atoms with Gasteiger partial charge in [-0.3, -0.25) is 9.59 Å².